The molecule has 2 rings (SSSR count). The zero-order chi connectivity index (χ0) is 16.7. The van der Waals surface area contributed by atoms with Gasteiger partial charge in [-0.25, -0.2) is 4.39 Å². The molecular weight excluding hydrogens is 301 g/mol. The Morgan fingerprint density at radius 3 is 2.48 bits per heavy atom. The quantitative estimate of drug-likeness (QED) is 0.753. The Morgan fingerprint density at radius 1 is 0.957 bits per heavy atom. The zero-order valence-corrected chi connectivity index (χ0v) is 13.4. The van der Waals surface area contributed by atoms with Crippen LogP contribution in [0, 0.1) is 5.82 Å². The second kappa shape index (κ2) is 8.24. The van der Waals surface area contributed by atoms with Gasteiger partial charge in [-0.3, -0.25) is 0 Å². The minimum atomic E-state index is -0.415. The third-order valence-electron chi connectivity index (χ3n) is 3.16. The van der Waals surface area contributed by atoms with E-state index in [9.17, 15) is 4.39 Å². The monoisotopic (exact) mass is 321 g/mol. The Hall–Kier alpha value is -2.47. The van der Waals surface area contributed by atoms with Crippen LogP contribution in [0.3, 0.4) is 0 Å². The first kappa shape index (κ1) is 16.9. The molecule has 1 N–H and O–H groups in total. The van der Waals surface area contributed by atoms with Crippen LogP contribution in [0.15, 0.2) is 36.4 Å². The first-order chi connectivity index (χ1) is 11.2. The lowest BCUT2D eigenvalue weighted by atomic mass is 10.2. The third kappa shape index (κ3) is 4.26. The lowest BCUT2D eigenvalue weighted by Crippen LogP contribution is -2.06. The highest BCUT2D eigenvalue weighted by atomic mass is 19.1. The lowest BCUT2D eigenvalue weighted by molar-refractivity contribution is 0.144. The van der Waals surface area contributed by atoms with Crippen LogP contribution in [-0.2, 0) is 4.74 Å². The summed E-state index contributed by atoms with van der Waals surface area (Å²) in [6, 6.07) is 10.0. The number of ether oxygens (including phenoxy) is 4. The standard InChI is InChI=1S/C17H20FNO4/c1-20-9-10-23-15-6-4-5-14(17(15)22-3)19-12-7-8-13(18)16(11-12)21-2/h4-8,11,19H,9-10H2,1-3H3. The van der Waals surface area contributed by atoms with Gasteiger partial charge >= 0.3 is 0 Å². The number of halogens is 1. The summed E-state index contributed by atoms with van der Waals surface area (Å²) in [7, 11) is 4.60. The van der Waals surface area contributed by atoms with Crippen molar-refractivity contribution in [2.24, 2.45) is 0 Å². The highest BCUT2D eigenvalue weighted by Gasteiger charge is 2.11. The number of para-hydroxylation sites is 1. The van der Waals surface area contributed by atoms with Gasteiger partial charge in [0.1, 0.15) is 6.61 Å². The van der Waals surface area contributed by atoms with E-state index in [-0.39, 0.29) is 5.75 Å². The van der Waals surface area contributed by atoms with Gasteiger partial charge in [0.05, 0.1) is 26.5 Å². The molecule has 5 nitrogen and oxygen atoms in total. The first-order valence-electron chi connectivity index (χ1n) is 7.09. The summed E-state index contributed by atoms with van der Waals surface area (Å²) < 4.78 is 34.5. The molecule has 0 aromatic heterocycles. The maximum absolute atomic E-state index is 13.5. The number of nitrogens with one attached hydrogen (secondary N) is 1. The second-order valence-corrected chi connectivity index (χ2v) is 4.65. The summed E-state index contributed by atoms with van der Waals surface area (Å²) in [5.41, 5.74) is 1.38. The van der Waals surface area contributed by atoms with E-state index in [4.69, 9.17) is 18.9 Å². The summed E-state index contributed by atoms with van der Waals surface area (Å²) in [4.78, 5) is 0. The molecule has 0 aliphatic heterocycles. The second-order valence-electron chi connectivity index (χ2n) is 4.65. The van der Waals surface area contributed by atoms with Gasteiger partial charge in [0.2, 0.25) is 0 Å². The van der Waals surface area contributed by atoms with Crippen molar-refractivity contribution < 1.29 is 23.3 Å². The number of rotatable bonds is 8. The highest BCUT2D eigenvalue weighted by Crippen LogP contribution is 2.37. The third-order valence-corrected chi connectivity index (χ3v) is 3.16. The minimum Gasteiger partial charge on any atom is -0.494 e. The van der Waals surface area contributed by atoms with E-state index in [0.29, 0.717) is 36.1 Å². The molecule has 0 atom stereocenters. The minimum absolute atomic E-state index is 0.168. The molecule has 124 valence electrons. The topological polar surface area (TPSA) is 49.0 Å². The van der Waals surface area contributed by atoms with Gasteiger partial charge in [0.15, 0.2) is 23.1 Å². The predicted octanol–water partition coefficient (Wildman–Crippen LogP) is 3.61. The van der Waals surface area contributed by atoms with E-state index in [1.54, 1.807) is 26.4 Å². The van der Waals surface area contributed by atoms with Gasteiger partial charge in [-0.1, -0.05) is 6.07 Å². The molecule has 0 saturated carbocycles. The fraction of sp³-hybridized carbons (Fsp3) is 0.294. The Kier molecular flexibility index (Phi) is 6.05. The molecule has 0 aliphatic rings. The summed E-state index contributed by atoms with van der Waals surface area (Å²) in [6.45, 7) is 0.899. The van der Waals surface area contributed by atoms with E-state index >= 15 is 0 Å². The average molecular weight is 321 g/mol. The number of hydrogen-bond acceptors (Lipinski definition) is 5. The molecule has 0 bridgehead atoms. The van der Waals surface area contributed by atoms with Crippen LogP contribution in [0.25, 0.3) is 0 Å². The molecule has 23 heavy (non-hydrogen) atoms. The van der Waals surface area contributed by atoms with Crippen molar-refractivity contribution in [2.45, 2.75) is 0 Å². The Morgan fingerprint density at radius 2 is 1.78 bits per heavy atom. The SMILES string of the molecule is COCCOc1cccc(Nc2ccc(F)c(OC)c2)c1OC. The van der Waals surface area contributed by atoms with E-state index < -0.39 is 5.82 Å². The summed E-state index contributed by atoms with van der Waals surface area (Å²) >= 11 is 0. The van der Waals surface area contributed by atoms with Crippen LogP contribution in [0.1, 0.15) is 0 Å². The summed E-state index contributed by atoms with van der Waals surface area (Å²) in [6.07, 6.45) is 0. The lowest BCUT2D eigenvalue weighted by Gasteiger charge is -2.16. The van der Waals surface area contributed by atoms with Crippen LogP contribution in [0.4, 0.5) is 15.8 Å². The highest BCUT2D eigenvalue weighted by molar-refractivity contribution is 5.70. The fourth-order valence-corrected chi connectivity index (χ4v) is 2.07. The molecule has 2 aromatic rings. The molecule has 0 spiro atoms. The van der Waals surface area contributed by atoms with Crippen molar-refractivity contribution in [3.63, 3.8) is 0 Å². The van der Waals surface area contributed by atoms with E-state index in [0.717, 1.165) is 0 Å². The van der Waals surface area contributed by atoms with Crippen molar-refractivity contribution in [1.82, 2.24) is 0 Å². The van der Waals surface area contributed by atoms with Crippen molar-refractivity contribution in [2.75, 3.05) is 39.9 Å². The summed E-state index contributed by atoms with van der Waals surface area (Å²) in [5.74, 6) is 0.915. The van der Waals surface area contributed by atoms with Gasteiger partial charge in [0, 0.05) is 18.9 Å². The first-order valence-corrected chi connectivity index (χ1v) is 7.09. The van der Waals surface area contributed by atoms with Crippen molar-refractivity contribution >= 4 is 11.4 Å². The molecule has 0 fully saturated rings. The van der Waals surface area contributed by atoms with Crippen molar-refractivity contribution in [3.05, 3.63) is 42.2 Å². The molecule has 0 saturated heterocycles. The van der Waals surface area contributed by atoms with E-state index in [1.165, 1.54) is 13.2 Å². The van der Waals surface area contributed by atoms with Gasteiger partial charge in [0.25, 0.3) is 0 Å². The molecule has 0 radical (unpaired) electrons. The number of anilines is 2. The van der Waals surface area contributed by atoms with Crippen LogP contribution in [-0.4, -0.2) is 34.5 Å². The summed E-state index contributed by atoms with van der Waals surface area (Å²) in [5, 5.41) is 3.17. The molecular formula is C17H20FNO4. The smallest absolute Gasteiger partial charge is 0.184 e. The average Bonchev–Trinajstić information content (AvgIpc) is 2.57. The van der Waals surface area contributed by atoms with Crippen molar-refractivity contribution in [3.8, 4) is 17.2 Å². The number of benzene rings is 2. The number of methoxy groups -OCH3 is 3. The fourth-order valence-electron chi connectivity index (χ4n) is 2.07. The van der Waals surface area contributed by atoms with E-state index in [1.807, 2.05) is 18.2 Å². The molecule has 0 heterocycles. The molecule has 0 aliphatic carbocycles. The van der Waals surface area contributed by atoms with Crippen LogP contribution >= 0.6 is 0 Å². The maximum atomic E-state index is 13.5. The molecule has 2 aromatic carbocycles. The van der Waals surface area contributed by atoms with E-state index in [2.05, 4.69) is 5.32 Å². The largest absolute Gasteiger partial charge is 0.494 e. The molecule has 6 heteroatoms. The van der Waals surface area contributed by atoms with Gasteiger partial charge in [-0.15, -0.1) is 0 Å². The molecule has 0 unspecified atom stereocenters. The van der Waals surface area contributed by atoms with Crippen molar-refractivity contribution in [1.29, 1.82) is 0 Å². The normalized spacial score (nSPS) is 10.3. The predicted molar refractivity (Wildman–Crippen MR) is 86.6 cm³/mol. The Bertz CT molecular complexity index is 648. The number of hydrogen-bond donors (Lipinski definition) is 1. The van der Waals surface area contributed by atoms with Crippen LogP contribution in [0.5, 0.6) is 17.2 Å². The zero-order valence-electron chi connectivity index (χ0n) is 13.4. The Balaban J connectivity index is 2.23. The van der Waals surface area contributed by atoms with Gasteiger partial charge in [-0.2, -0.15) is 0 Å². The van der Waals surface area contributed by atoms with Crippen LogP contribution < -0.4 is 19.5 Å². The van der Waals surface area contributed by atoms with Crippen LogP contribution in [0.2, 0.25) is 0 Å². The molecule has 0 amide bonds. The maximum Gasteiger partial charge on any atom is 0.184 e. The van der Waals surface area contributed by atoms with Gasteiger partial charge < -0.3 is 24.3 Å². The Labute approximate surface area is 134 Å². The van der Waals surface area contributed by atoms with Gasteiger partial charge in [-0.05, 0) is 24.3 Å².